The van der Waals surface area contributed by atoms with E-state index in [1.807, 2.05) is 12.1 Å². The summed E-state index contributed by atoms with van der Waals surface area (Å²) in [6, 6.07) is 17.0. The van der Waals surface area contributed by atoms with Crippen LogP contribution in [-0.4, -0.2) is 62.6 Å². The minimum absolute atomic E-state index is 0.00102. The van der Waals surface area contributed by atoms with Crippen LogP contribution in [0.2, 0.25) is 0 Å². The molecule has 0 radical (unpaired) electrons. The molecule has 0 aliphatic carbocycles. The van der Waals surface area contributed by atoms with E-state index in [1.165, 1.54) is 49.0 Å². The lowest BCUT2D eigenvalue weighted by Crippen LogP contribution is -2.35. The monoisotopic (exact) mass is 435 g/mol. The maximum absolute atomic E-state index is 13.1. The summed E-state index contributed by atoms with van der Waals surface area (Å²) in [5.74, 6) is 1.29. The molecule has 0 unspecified atom stereocenters. The first-order valence-corrected chi connectivity index (χ1v) is 12.0. The third kappa shape index (κ3) is 5.90. The summed E-state index contributed by atoms with van der Waals surface area (Å²) < 4.78 is 5.22. The van der Waals surface area contributed by atoms with Gasteiger partial charge >= 0.3 is 0 Å². The fourth-order valence-electron chi connectivity index (χ4n) is 5.16. The number of carbonyl (C=O) groups excluding carboxylic acids is 1. The number of hydrogen-bond acceptors (Lipinski definition) is 4. The van der Waals surface area contributed by atoms with Gasteiger partial charge in [0, 0.05) is 32.1 Å². The van der Waals surface area contributed by atoms with E-state index in [0.717, 1.165) is 31.8 Å². The smallest absolute Gasteiger partial charge is 0.225 e. The molecule has 5 heteroatoms. The number of benzene rings is 2. The molecule has 2 saturated heterocycles. The largest absolute Gasteiger partial charge is 0.497 e. The molecule has 1 amide bonds. The lowest BCUT2D eigenvalue weighted by atomic mass is 9.87. The molecule has 0 bridgehead atoms. The van der Waals surface area contributed by atoms with E-state index in [0.29, 0.717) is 6.54 Å². The highest BCUT2D eigenvalue weighted by molar-refractivity contribution is 5.80. The predicted octanol–water partition coefficient (Wildman–Crippen LogP) is 3.69. The van der Waals surface area contributed by atoms with E-state index < -0.39 is 0 Å². The van der Waals surface area contributed by atoms with Gasteiger partial charge in [-0.25, -0.2) is 0 Å². The maximum atomic E-state index is 13.1. The number of rotatable bonds is 8. The van der Waals surface area contributed by atoms with Crippen molar-refractivity contribution in [1.82, 2.24) is 15.1 Å². The molecule has 2 aliphatic heterocycles. The minimum atomic E-state index is 0.00102. The van der Waals surface area contributed by atoms with Crippen LogP contribution in [0, 0.1) is 5.92 Å². The van der Waals surface area contributed by atoms with Gasteiger partial charge in [0.25, 0.3) is 0 Å². The van der Waals surface area contributed by atoms with Crippen molar-refractivity contribution in [2.45, 2.75) is 38.1 Å². The molecule has 0 aromatic heterocycles. The molecule has 0 spiro atoms. The number of hydrogen-bond donors (Lipinski definition) is 1. The quantitative estimate of drug-likeness (QED) is 0.687. The van der Waals surface area contributed by atoms with Crippen molar-refractivity contribution in [2.75, 3.05) is 46.9 Å². The van der Waals surface area contributed by atoms with Gasteiger partial charge < -0.3 is 15.0 Å². The van der Waals surface area contributed by atoms with Crippen LogP contribution in [0.5, 0.6) is 5.75 Å². The Morgan fingerprint density at radius 1 is 1.03 bits per heavy atom. The molecule has 4 rings (SSSR count). The number of nitrogens with zero attached hydrogens (tertiary/aromatic N) is 2. The van der Waals surface area contributed by atoms with Gasteiger partial charge in [-0.2, -0.15) is 0 Å². The van der Waals surface area contributed by atoms with Gasteiger partial charge in [0.05, 0.1) is 13.0 Å². The van der Waals surface area contributed by atoms with Crippen LogP contribution in [0.25, 0.3) is 0 Å². The summed E-state index contributed by atoms with van der Waals surface area (Å²) >= 11 is 0. The molecular weight excluding hydrogens is 398 g/mol. The molecule has 1 N–H and O–H groups in total. The average Bonchev–Trinajstić information content (AvgIpc) is 3.22. The zero-order valence-corrected chi connectivity index (χ0v) is 19.6. The SMILES string of the molecule is COc1ccc(CCNC(=O)[C@H]2CN(C)C[C@@H]2c2cccc(CN3CCCCC3)c2)cc1. The van der Waals surface area contributed by atoms with Crippen molar-refractivity contribution in [3.05, 3.63) is 65.2 Å². The van der Waals surface area contributed by atoms with Crippen LogP contribution < -0.4 is 10.1 Å². The van der Waals surface area contributed by atoms with Crippen LogP contribution >= 0.6 is 0 Å². The van der Waals surface area contributed by atoms with Crippen molar-refractivity contribution < 1.29 is 9.53 Å². The second kappa shape index (κ2) is 11.0. The number of likely N-dealkylation sites (N-methyl/N-ethyl adjacent to an activating group) is 1. The highest BCUT2D eigenvalue weighted by Crippen LogP contribution is 2.33. The fraction of sp³-hybridized carbons (Fsp3) is 0.519. The van der Waals surface area contributed by atoms with Gasteiger partial charge in [-0.05, 0) is 68.2 Å². The number of likely N-dealkylation sites (tertiary alicyclic amines) is 2. The summed E-state index contributed by atoms with van der Waals surface area (Å²) in [5.41, 5.74) is 3.88. The second-order valence-corrected chi connectivity index (χ2v) is 9.41. The van der Waals surface area contributed by atoms with Crippen molar-refractivity contribution >= 4 is 5.91 Å². The third-order valence-electron chi connectivity index (χ3n) is 6.95. The van der Waals surface area contributed by atoms with E-state index in [2.05, 4.69) is 58.6 Å². The Hall–Kier alpha value is -2.37. The van der Waals surface area contributed by atoms with Crippen LogP contribution in [0.15, 0.2) is 48.5 Å². The Balaban J connectivity index is 1.35. The number of nitrogens with one attached hydrogen (secondary N) is 1. The van der Waals surface area contributed by atoms with E-state index in [1.54, 1.807) is 7.11 Å². The molecule has 2 aromatic carbocycles. The molecule has 2 atom stereocenters. The molecule has 2 heterocycles. The third-order valence-corrected chi connectivity index (χ3v) is 6.95. The standard InChI is InChI=1S/C27H37N3O2/c1-29-19-25(23-8-6-7-22(17-23)18-30-15-4-3-5-16-30)26(20-29)27(31)28-14-13-21-9-11-24(32-2)12-10-21/h6-12,17,25-26H,3-5,13-16,18-20H2,1-2H3,(H,28,31)/t25-,26+/m1/s1. The van der Waals surface area contributed by atoms with E-state index in [9.17, 15) is 4.79 Å². The number of piperidine rings is 1. The summed E-state index contributed by atoms with van der Waals surface area (Å²) in [6.07, 6.45) is 4.81. The van der Waals surface area contributed by atoms with Gasteiger partial charge in [0.1, 0.15) is 5.75 Å². The Labute approximate surface area is 192 Å². The molecule has 2 aliphatic rings. The van der Waals surface area contributed by atoms with Crippen molar-refractivity contribution in [1.29, 1.82) is 0 Å². The van der Waals surface area contributed by atoms with Gasteiger partial charge in [-0.15, -0.1) is 0 Å². The van der Waals surface area contributed by atoms with Gasteiger partial charge in [0.15, 0.2) is 0 Å². The summed E-state index contributed by atoms with van der Waals surface area (Å²) in [7, 11) is 3.79. The van der Waals surface area contributed by atoms with Crippen molar-refractivity contribution in [3.8, 4) is 5.75 Å². The van der Waals surface area contributed by atoms with Crippen LogP contribution in [-0.2, 0) is 17.8 Å². The normalized spacial score (nSPS) is 22.1. The van der Waals surface area contributed by atoms with Crippen molar-refractivity contribution in [2.24, 2.45) is 5.92 Å². The first-order chi connectivity index (χ1) is 15.6. The van der Waals surface area contributed by atoms with Crippen LogP contribution in [0.1, 0.15) is 41.9 Å². The lowest BCUT2D eigenvalue weighted by molar-refractivity contribution is -0.124. The van der Waals surface area contributed by atoms with E-state index >= 15 is 0 Å². The number of carbonyl (C=O) groups is 1. The lowest BCUT2D eigenvalue weighted by Gasteiger charge is -2.27. The topological polar surface area (TPSA) is 44.8 Å². The Morgan fingerprint density at radius 3 is 2.56 bits per heavy atom. The maximum Gasteiger partial charge on any atom is 0.225 e. The summed E-state index contributed by atoms with van der Waals surface area (Å²) in [6.45, 7) is 5.84. The number of methoxy groups -OCH3 is 1. The number of amides is 1. The summed E-state index contributed by atoms with van der Waals surface area (Å²) in [5, 5.41) is 3.20. The molecule has 2 fully saturated rings. The Kier molecular flexibility index (Phi) is 7.82. The van der Waals surface area contributed by atoms with E-state index in [4.69, 9.17) is 4.74 Å². The predicted molar refractivity (Wildman–Crippen MR) is 129 cm³/mol. The molecule has 0 saturated carbocycles. The molecule has 2 aromatic rings. The van der Waals surface area contributed by atoms with Crippen LogP contribution in [0.4, 0.5) is 0 Å². The Bertz CT molecular complexity index is 877. The second-order valence-electron chi connectivity index (χ2n) is 9.41. The summed E-state index contributed by atoms with van der Waals surface area (Å²) in [4.78, 5) is 18.0. The van der Waals surface area contributed by atoms with Gasteiger partial charge in [-0.1, -0.05) is 42.8 Å². The first-order valence-electron chi connectivity index (χ1n) is 12.0. The zero-order valence-electron chi connectivity index (χ0n) is 19.6. The van der Waals surface area contributed by atoms with Gasteiger partial charge in [0.2, 0.25) is 5.91 Å². The molecular formula is C27H37N3O2. The Morgan fingerprint density at radius 2 is 1.81 bits per heavy atom. The van der Waals surface area contributed by atoms with Gasteiger partial charge in [-0.3, -0.25) is 9.69 Å². The number of ether oxygens (including phenoxy) is 1. The van der Waals surface area contributed by atoms with Crippen molar-refractivity contribution in [3.63, 3.8) is 0 Å². The van der Waals surface area contributed by atoms with E-state index in [-0.39, 0.29) is 17.7 Å². The fourth-order valence-corrected chi connectivity index (χ4v) is 5.16. The first kappa shape index (κ1) is 22.8. The highest BCUT2D eigenvalue weighted by atomic mass is 16.5. The molecule has 5 nitrogen and oxygen atoms in total. The van der Waals surface area contributed by atoms with Crippen LogP contribution in [0.3, 0.4) is 0 Å². The minimum Gasteiger partial charge on any atom is -0.497 e. The molecule has 32 heavy (non-hydrogen) atoms. The highest BCUT2D eigenvalue weighted by Gasteiger charge is 2.36. The average molecular weight is 436 g/mol. The zero-order chi connectivity index (χ0) is 22.3. The molecule has 172 valence electrons.